The maximum atomic E-state index is 13.3. The molecule has 10 heteroatoms. The number of nitrogens with one attached hydrogen (secondary N) is 2. The van der Waals surface area contributed by atoms with Gasteiger partial charge >= 0.3 is 6.18 Å². The molecule has 1 aromatic heterocycles. The number of benzene rings is 1. The molecule has 1 aliphatic heterocycles. The molecule has 0 amide bonds. The Morgan fingerprint density at radius 1 is 1.31 bits per heavy atom. The number of nitrogens with zero attached hydrogens (tertiary/aromatic N) is 3. The fourth-order valence-electron chi connectivity index (χ4n) is 3.16. The molecule has 1 aliphatic rings. The van der Waals surface area contributed by atoms with Crippen molar-refractivity contribution < 1.29 is 13.2 Å². The van der Waals surface area contributed by atoms with E-state index in [4.69, 9.17) is 23.8 Å². The van der Waals surface area contributed by atoms with Crippen molar-refractivity contribution in [1.82, 2.24) is 15.3 Å². The molecule has 2 aromatic rings. The average molecular weight is 444 g/mol. The largest absolute Gasteiger partial charge is 0.433 e. The van der Waals surface area contributed by atoms with Gasteiger partial charge in [-0.1, -0.05) is 36.7 Å². The predicted octanol–water partition coefficient (Wildman–Crippen LogP) is 4.87. The summed E-state index contributed by atoms with van der Waals surface area (Å²) in [6, 6.07) is 8.21. The minimum Gasteiger partial charge on any atom is -0.358 e. The number of aromatic nitrogens is 2. The van der Waals surface area contributed by atoms with Gasteiger partial charge in [-0.15, -0.1) is 0 Å². The van der Waals surface area contributed by atoms with Gasteiger partial charge in [0.05, 0.1) is 0 Å². The summed E-state index contributed by atoms with van der Waals surface area (Å²) in [5.74, 6) is 0.447. The lowest BCUT2D eigenvalue weighted by Gasteiger charge is -2.32. The number of hydrogen-bond donors (Lipinski definition) is 2. The van der Waals surface area contributed by atoms with E-state index in [-0.39, 0.29) is 16.9 Å². The molecule has 0 bridgehead atoms. The van der Waals surface area contributed by atoms with E-state index in [0.717, 1.165) is 24.5 Å². The third-order valence-corrected chi connectivity index (χ3v) is 5.22. The van der Waals surface area contributed by atoms with Gasteiger partial charge < -0.3 is 15.5 Å². The van der Waals surface area contributed by atoms with Crippen LogP contribution in [0.2, 0.25) is 5.02 Å². The summed E-state index contributed by atoms with van der Waals surface area (Å²) in [6.07, 6.45) is -2.62. The average Bonchev–Trinajstić information content (AvgIpc) is 2.66. The van der Waals surface area contributed by atoms with E-state index < -0.39 is 11.9 Å². The quantitative estimate of drug-likeness (QED) is 0.657. The van der Waals surface area contributed by atoms with Gasteiger partial charge in [-0.2, -0.15) is 18.2 Å². The minimum atomic E-state index is -4.58. The van der Waals surface area contributed by atoms with Crippen molar-refractivity contribution in [1.29, 1.82) is 0 Å². The Balaban J connectivity index is 1.75. The Labute approximate surface area is 177 Å². The van der Waals surface area contributed by atoms with E-state index in [2.05, 4.69) is 27.5 Å². The van der Waals surface area contributed by atoms with Gasteiger partial charge in [0.1, 0.15) is 5.82 Å². The van der Waals surface area contributed by atoms with Crippen LogP contribution in [0, 0.1) is 5.92 Å². The summed E-state index contributed by atoms with van der Waals surface area (Å²) in [5.41, 5.74) is -0.191. The van der Waals surface area contributed by atoms with Crippen LogP contribution in [0.3, 0.4) is 0 Å². The number of piperidine rings is 1. The highest BCUT2D eigenvalue weighted by Gasteiger charge is 2.34. The van der Waals surface area contributed by atoms with Crippen molar-refractivity contribution in [2.75, 3.05) is 23.3 Å². The summed E-state index contributed by atoms with van der Waals surface area (Å²) in [7, 11) is 0. The first-order valence-corrected chi connectivity index (χ1v) is 10.0. The number of rotatable bonds is 4. The van der Waals surface area contributed by atoms with E-state index in [0.29, 0.717) is 30.6 Å². The van der Waals surface area contributed by atoms with Crippen LogP contribution in [0.4, 0.5) is 24.9 Å². The molecule has 0 radical (unpaired) electrons. The zero-order valence-corrected chi connectivity index (χ0v) is 17.3. The Bertz CT molecular complexity index is 877. The van der Waals surface area contributed by atoms with Crippen LogP contribution in [-0.4, -0.2) is 28.2 Å². The van der Waals surface area contributed by atoms with Crippen LogP contribution in [0.25, 0.3) is 0 Å². The molecule has 0 aliphatic carbocycles. The van der Waals surface area contributed by atoms with Crippen molar-refractivity contribution in [3.8, 4) is 0 Å². The van der Waals surface area contributed by atoms with Crippen molar-refractivity contribution in [3.63, 3.8) is 0 Å². The van der Waals surface area contributed by atoms with Crippen LogP contribution < -0.4 is 15.5 Å². The molecule has 156 valence electrons. The third kappa shape index (κ3) is 5.93. The van der Waals surface area contributed by atoms with E-state index in [1.165, 1.54) is 0 Å². The first-order valence-electron chi connectivity index (χ1n) is 9.22. The molecule has 1 aromatic carbocycles. The number of anilines is 2. The van der Waals surface area contributed by atoms with E-state index >= 15 is 0 Å². The zero-order chi connectivity index (χ0) is 21.0. The highest BCUT2D eigenvalue weighted by molar-refractivity contribution is 7.80. The second kappa shape index (κ2) is 9.13. The van der Waals surface area contributed by atoms with Crippen LogP contribution in [0.5, 0.6) is 0 Å². The lowest BCUT2D eigenvalue weighted by Crippen LogP contribution is -2.35. The molecule has 3 rings (SSSR count). The molecule has 29 heavy (non-hydrogen) atoms. The first kappa shape index (κ1) is 21.6. The summed E-state index contributed by atoms with van der Waals surface area (Å²) in [4.78, 5) is 9.73. The smallest absolute Gasteiger partial charge is 0.358 e. The lowest BCUT2D eigenvalue weighted by atomic mass is 10.0. The molecule has 2 N–H and O–H groups in total. The van der Waals surface area contributed by atoms with Gasteiger partial charge in [0.15, 0.2) is 10.8 Å². The third-order valence-electron chi connectivity index (χ3n) is 4.61. The van der Waals surface area contributed by atoms with Crippen LogP contribution in [0.15, 0.2) is 30.3 Å². The summed E-state index contributed by atoms with van der Waals surface area (Å²) >= 11 is 11.3. The van der Waals surface area contributed by atoms with Crippen LogP contribution in [0.1, 0.15) is 31.0 Å². The monoisotopic (exact) mass is 443 g/mol. The van der Waals surface area contributed by atoms with E-state index in [1.807, 2.05) is 23.1 Å². The van der Waals surface area contributed by atoms with E-state index in [1.54, 1.807) is 6.07 Å². The second-order valence-electron chi connectivity index (χ2n) is 7.03. The van der Waals surface area contributed by atoms with Gasteiger partial charge in [-0.05, 0) is 42.6 Å². The molecule has 1 atom stereocenters. The molecule has 0 spiro atoms. The van der Waals surface area contributed by atoms with Gasteiger partial charge in [0, 0.05) is 30.7 Å². The standard InChI is InChI=1S/C19H21ClF3N5S/c1-12-5-4-8-28(11-12)16-9-15(19(21,22)23)25-17(26-16)27-18(29)24-10-13-6-2-3-7-14(13)20/h2-3,6-7,9,12H,4-5,8,10-11H2,1H3,(H2,24,25,26,27,29)/t12-/m0/s1. The van der Waals surface area contributed by atoms with Gasteiger partial charge in [0.25, 0.3) is 0 Å². The van der Waals surface area contributed by atoms with E-state index in [9.17, 15) is 13.2 Å². The predicted molar refractivity (Wildman–Crippen MR) is 112 cm³/mol. The second-order valence-corrected chi connectivity index (χ2v) is 7.84. The Morgan fingerprint density at radius 2 is 2.07 bits per heavy atom. The number of alkyl halides is 3. The van der Waals surface area contributed by atoms with Gasteiger partial charge in [-0.25, -0.2) is 4.98 Å². The number of halogens is 4. The Morgan fingerprint density at radius 3 is 2.76 bits per heavy atom. The fraction of sp³-hybridized carbons (Fsp3) is 0.421. The SMILES string of the molecule is C[C@H]1CCCN(c2cc(C(F)(F)F)nc(NC(=S)NCc3ccccc3Cl)n2)C1. The molecule has 0 unspecified atom stereocenters. The van der Waals surface area contributed by atoms with Gasteiger partial charge in [0.2, 0.25) is 5.95 Å². The Kier molecular flexibility index (Phi) is 6.79. The molecule has 1 saturated heterocycles. The molecule has 2 heterocycles. The van der Waals surface area contributed by atoms with Crippen LogP contribution in [-0.2, 0) is 12.7 Å². The number of thiocarbonyl (C=S) groups is 1. The highest BCUT2D eigenvalue weighted by Crippen LogP contribution is 2.31. The minimum absolute atomic E-state index is 0.113. The Hall–Kier alpha value is -2.13. The summed E-state index contributed by atoms with van der Waals surface area (Å²) in [5, 5.41) is 6.26. The van der Waals surface area contributed by atoms with Crippen molar-refractivity contribution >= 4 is 40.7 Å². The molecule has 0 saturated carbocycles. The highest BCUT2D eigenvalue weighted by atomic mass is 35.5. The maximum Gasteiger partial charge on any atom is 0.433 e. The topological polar surface area (TPSA) is 53.1 Å². The van der Waals surface area contributed by atoms with Crippen molar-refractivity contribution in [2.24, 2.45) is 5.92 Å². The van der Waals surface area contributed by atoms with Gasteiger partial charge in [-0.3, -0.25) is 0 Å². The number of hydrogen-bond acceptors (Lipinski definition) is 4. The summed E-state index contributed by atoms with van der Waals surface area (Å²) < 4.78 is 40.0. The zero-order valence-electron chi connectivity index (χ0n) is 15.8. The normalized spacial score (nSPS) is 17.1. The lowest BCUT2D eigenvalue weighted by molar-refractivity contribution is -0.141. The van der Waals surface area contributed by atoms with Crippen molar-refractivity contribution in [3.05, 3.63) is 46.6 Å². The molecule has 1 fully saturated rings. The van der Waals surface area contributed by atoms with Crippen LogP contribution >= 0.6 is 23.8 Å². The fourth-order valence-corrected chi connectivity index (χ4v) is 3.52. The summed E-state index contributed by atoms with van der Waals surface area (Å²) in [6.45, 7) is 3.71. The maximum absolute atomic E-state index is 13.3. The molecular formula is C19H21ClF3N5S. The first-order chi connectivity index (χ1) is 13.7. The molecule has 5 nitrogen and oxygen atoms in total. The van der Waals surface area contributed by atoms with Crippen molar-refractivity contribution in [2.45, 2.75) is 32.5 Å². The molecular weight excluding hydrogens is 423 g/mol.